The van der Waals surface area contributed by atoms with Crippen LogP contribution in [0.2, 0.25) is 0 Å². The van der Waals surface area contributed by atoms with Crippen molar-refractivity contribution in [2.24, 2.45) is 5.73 Å². The van der Waals surface area contributed by atoms with Crippen molar-refractivity contribution >= 4 is 6.09 Å². The largest absolute Gasteiger partial charge is 0.444 e. The van der Waals surface area contributed by atoms with Gasteiger partial charge in [-0.1, -0.05) is 23.8 Å². The average molecular weight is 264 g/mol. The van der Waals surface area contributed by atoms with Gasteiger partial charge in [0.05, 0.1) is 6.04 Å². The predicted molar refractivity (Wildman–Crippen MR) is 77.1 cm³/mol. The summed E-state index contributed by atoms with van der Waals surface area (Å²) in [6.07, 6.45) is -0.441. The predicted octanol–water partition coefficient (Wildman–Crippen LogP) is 2.83. The van der Waals surface area contributed by atoms with Gasteiger partial charge in [-0.2, -0.15) is 0 Å². The lowest BCUT2D eigenvalue weighted by Crippen LogP contribution is -2.38. The Morgan fingerprint density at radius 2 is 2.00 bits per heavy atom. The molecule has 0 aliphatic carbocycles. The van der Waals surface area contributed by atoms with Gasteiger partial charge >= 0.3 is 6.09 Å². The molecule has 0 saturated heterocycles. The van der Waals surface area contributed by atoms with E-state index >= 15 is 0 Å². The van der Waals surface area contributed by atoms with Crippen LogP contribution in [0.4, 0.5) is 4.79 Å². The van der Waals surface area contributed by atoms with Gasteiger partial charge in [0.15, 0.2) is 0 Å². The van der Waals surface area contributed by atoms with E-state index in [-0.39, 0.29) is 6.04 Å². The maximum absolute atomic E-state index is 11.8. The van der Waals surface area contributed by atoms with Gasteiger partial charge in [-0.05, 0) is 45.7 Å². The van der Waals surface area contributed by atoms with Gasteiger partial charge in [0.1, 0.15) is 5.60 Å². The Labute approximate surface area is 115 Å². The Morgan fingerprint density at radius 1 is 1.37 bits per heavy atom. The highest BCUT2D eigenvalue weighted by Crippen LogP contribution is 2.19. The number of carbonyl (C=O) groups is 1. The molecule has 0 bridgehead atoms. The Balaban J connectivity index is 2.84. The van der Waals surface area contributed by atoms with Crippen molar-refractivity contribution in [3.63, 3.8) is 0 Å². The molecule has 0 aliphatic heterocycles. The van der Waals surface area contributed by atoms with E-state index in [4.69, 9.17) is 10.5 Å². The molecule has 1 atom stereocenters. The summed E-state index contributed by atoms with van der Waals surface area (Å²) >= 11 is 0. The summed E-state index contributed by atoms with van der Waals surface area (Å²) in [4.78, 5) is 11.8. The van der Waals surface area contributed by atoms with Gasteiger partial charge in [-0.3, -0.25) is 0 Å². The molecule has 1 rings (SSSR count). The van der Waals surface area contributed by atoms with Crippen molar-refractivity contribution in [3.8, 4) is 0 Å². The second kappa shape index (κ2) is 6.06. The van der Waals surface area contributed by atoms with Crippen LogP contribution in [-0.2, 0) is 4.74 Å². The van der Waals surface area contributed by atoms with Crippen LogP contribution < -0.4 is 11.1 Å². The number of nitrogens with two attached hydrogens (primary N) is 1. The number of carbonyl (C=O) groups excluding carboxylic acids is 1. The van der Waals surface area contributed by atoms with E-state index in [0.29, 0.717) is 6.54 Å². The third-order valence-electron chi connectivity index (χ3n) is 2.74. The summed E-state index contributed by atoms with van der Waals surface area (Å²) in [6, 6.07) is 5.89. The van der Waals surface area contributed by atoms with Crippen molar-refractivity contribution in [3.05, 3.63) is 34.9 Å². The van der Waals surface area contributed by atoms with Crippen LogP contribution in [0.25, 0.3) is 0 Å². The molecule has 1 unspecified atom stereocenters. The number of ether oxygens (including phenoxy) is 1. The Bertz CT molecular complexity index is 450. The maximum Gasteiger partial charge on any atom is 0.408 e. The topological polar surface area (TPSA) is 64.3 Å². The highest BCUT2D eigenvalue weighted by Gasteiger charge is 2.20. The Morgan fingerprint density at radius 3 is 2.53 bits per heavy atom. The second-order valence-electron chi connectivity index (χ2n) is 5.79. The van der Waals surface area contributed by atoms with E-state index in [1.54, 1.807) is 0 Å². The van der Waals surface area contributed by atoms with Gasteiger partial charge in [0, 0.05) is 6.54 Å². The smallest absolute Gasteiger partial charge is 0.408 e. The van der Waals surface area contributed by atoms with Gasteiger partial charge in [-0.25, -0.2) is 4.79 Å². The minimum atomic E-state index is -0.509. The molecule has 4 heteroatoms. The second-order valence-corrected chi connectivity index (χ2v) is 5.79. The number of aryl methyl sites for hydroxylation is 2. The Hall–Kier alpha value is -1.55. The van der Waals surface area contributed by atoms with Crippen molar-refractivity contribution in [2.45, 2.75) is 46.3 Å². The molecule has 4 nitrogen and oxygen atoms in total. The number of hydrogen-bond donors (Lipinski definition) is 2. The van der Waals surface area contributed by atoms with Crippen molar-refractivity contribution in [2.75, 3.05) is 6.54 Å². The zero-order valence-electron chi connectivity index (χ0n) is 12.4. The standard InChI is InChI=1S/C15H24N2O2/c1-10-6-7-11(2)12(8-10)13(9-16)17-14(18)19-15(3,4)5/h6-8,13H,9,16H2,1-5H3,(H,17,18). The lowest BCUT2D eigenvalue weighted by molar-refractivity contribution is 0.0505. The van der Waals surface area contributed by atoms with Crippen molar-refractivity contribution in [1.82, 2.24) is 5.32 Å². The van der Waals surface area contributed by atoms with Crippen LogP contribution in [-0.4, -0.2) is 18.2 Å². The maximum atomic E-state index is 11.8. The fourth-order valence-corrected chi connectivity index (χ4v) is 1.85. The minimum Gasteiger partial charge on any atom is -0.444 e. The fourth-order valence-electron chi connectivity index (χ4n) is 1.85. The third-order valence-corrected chi connectivity index (χ3v) is 2.74. The molecule has 0 aromatic heterocycles. The highest BCUT2D eigenvalue weighted by atomic mass is 16.6. The number of rotatable bonds is 3. The summed E-state index contributed by atoms with van der Waals surface area (Å²) in [6.45, 7) is 9.87. The minimum absolute atomic E-state index is 0.227. The molecule has 1 aromatic rings. The molecule has 0 aliphatic rings. The van der Waals surface area contributed by atoms with E-state index < -0.39 is 11.7 Å². The first-order valence-corrected chi connectivity index (χ1v) is 6.49. The lowest BCUT2D eigenvalue weighted by atomic mass is 9.99. The first-order valence-electron chi connectivity index (χ1n) is 6.49. The number of amides is 1. The van der Waals surface area contributed by atoms with Crippen LogP contribution in [0.1, 0.15) is 43.5 Å². The van der Waals surface area contributed by atoms with Gasteiger partial charge < -0.3 is 15.8 Å². The fraction of sp³-hybridized carbons (Fsp3) is 0.533. The molecule has 0 heterocycles. The monoisotopic (exact) mass is 264 g/mol. The molecule has 1 aromatic carbocycles. The summed E-state index contributed by atoms with van der Waals surface area (Å²) in [7, 11) is 0. The molecular formula is C15H24N2O2. The summed E-state index contributed by atoms with van der Waals surface area (Å²) in [5.74, 6) is 0. The summed E-state index contributed by atoms with van der Waals surface area (Å²) < 4.78 is 5.26. The number of nitrogens with one attached hydrogen (secondary N) is 1. The third kappa shape index (κ3) is 4.91. The zero-order chi connectivity index (χ0) is 14.6. The number of hydrogen-bond acceptors (Lipinski definition) is 3. The van der Waals surface area contributed by atoms with Gasteiger partial charge in [0.2, 0.25) is 0 Å². The van der Waals surface area contributed by atoms with Crippen LogP contribution in [0.15, 0.2) is 18.2 Å². The quantitative estimate of drug-likeness (QED) is 0.882. The normalized spacial score (nSPS) is 12.9. The summed E-state index contributed by atoms with van der Waals surface area (Å²) in [5.41, 5.74) is 8.54. The van der Waals surface area contributed by atoms with E-state index in [2.05, 4.69) is 5.32 Å². The van der Waals surface area contributed by atoms with Crippen LogP contribution in [0, 0.1) is 13.8 Å². The SMILES string of the molecule is Cc1ccc(C)c(C(CN)NC(=O)OC(C)(C)C)c1. The average Bonchev–Trinajstić information content (AvgIpc) is 2.27. The number of alkyl carbamates (subject to hydrolysis) is 1. The number of benzene rings is 1. The Kier molecular flexibility index (Phi) is 4.95. The first-order chi connectivity index (χ1) is 8.73. The van der Waals surface area contributed by atoms with Gasteiger partial charge in [-0.15, -0.1) is 0 Å². The molecule has 0 fully saturated rings. The zero-order valence-corrected chi connectivity index (χ0v) is 12.4. The molecular weight excluding hydrogens is 240 g/mol. The molecule has 106 valence electrons. The van der Waals surface area contributed by atoms with E-state index in [1.807, 2.05) is 52.8 Å². The molecule has 3 N–H and O–H groups in total. The van der Waals surface area contributed by atoms with Gasteiger partial charge in [0.25, 0.3) is 0 Å². The first kappa shape index (κ1) is 15.5. The van der Waals surface area contributed by atoms with Crippen LogP contribution >= 0.6 is 0 Å². The summed E-state index contributed by atoms with van der Waals surface area (Å²) in [5, 5.41) is 2.82. The van der Waals surface area contributed by atoms with E-state index in [9.17, 15) is 4.79 Å². The molecule has 0 saturated carbocycles. The van der Waals surface area contributed by atoms with E-state index in [0.717, 1.165) is 16.7 Å². The van der Waals surface area contributed by atoms with Crippen LogP contribution in [0.3, 0.4) is 0 Å². The van der Waals surface area contributed by atoms with Crippen LogP contribution in [0.5, 0.6) is 0 Å². The molecule has 0 spiro atoms. The van der Waals surface area contributed by atoms with E-state index in [1.165, 1.54) is 0 Å². The van der Waals surface area contributed by atoms with Crippen molar-refractivity contribution in [1.29, 1.82) is 0 Å². The highest BCUT2D eigenvalue weighted by molar-refractivity contribution is 5.68. The van der Waals surface area contributed by atoms with Crippen molar-refractivity contribution < 1.29 is 9.53 Å². The molecule has 1 amide bonds. The lowest BCUT2D eigenvalue weighted by Gasteiger charge is -2.24. The molecule has 19 heavy (non-hydrogen) atoms. The molecule has 0 radical (unpaired) electrons.